The fourth-order valence-electron chi connectivity index (χ4n) is 6.88. The third kappa shape index (κ3) is 4.04. The highest BCUT2D eigenvalue weighted by Crippen LogP contribution is 2.68. The van der Waals surface area contributed by atoms with E-state index in [9.17, 15) is 19.5 Å². The lowest BCUT2D eigenvalue weighted by molar-refractivity contribution is -0.329. The van der Waals surface area contributed by atoms with Crippen LogP contribution in [0.1, 0.15) is 66.4 Å². The molecule has 196 valence electrons. The second-order valence-corrected chi connectivity index (χ2v) is 11.2. The molecule has 7 atom stereocenters. The Kier molecular flexibility index (Phi) is 6.58. The molecule has 0 amide bonds. The molecule has 1 aromatic carbocycles. The minimum atomic E-state index is -1.48. The highest BCUT2D eigenvalue weighted by molar-refractivity contribution is 5.87. The van der Waals surface area contributed by atoms with Gasteiger partial charge in [0.2, 0.25) is 0 Å². The molecular formula is C28H36O8. The number of hydrogen-bond acceptors (Lipinski definition) is 8. The average Bonchev–Trinajstić information content (AvgIpc) is 2.96. The summed E-state index contributed by atoms with van der Waals surface area (Å²) in [6.07, 6.45) is 1.58. The van der Waals surface area contributed by atoms with Crippen molar-refractivity contribution in [3.05, 3.63) is 42.0 Å². The fraction of sp³-hybridized carbons (Fsp3) is 0.607. The second kappa shape index (κ2) is 8.99. The molecule has 36 heavy (non-hydrogen) atoms. The van der Waals surface area contributed by atoms with Gasteiger partial charge in [0.25, 0.3) is 0 Å². The number of ether oxygens (including phenoxy) is 4. The molecule has 1 heterocycles. The molecule has 2 bridgehead atoms. The highest BCUT2D eigenvalue weighted by Gasteiger charge is 2.82. The number of fused-ring (bicyclic) bond motifs is 1. The summed E-state index contributed by atoms with van der Waals surface area (Å²) in [6, 6.07) is 9.37. The summed E-state index contributed by atoms with van der Waals surface area (Å²) in [5.74, 6) is -1.92. The van der Waals surface area contributed by atoms with Gasteiger partial charge in [0.05, 0.1) is 16.6 Å². The number of carbonyl (C=O) groups excluding carboxylic acids is 3. The lowest BCUT2D eigenvalue weighted by Crippen LogP contribution is -2.79. The van der Waals surface area contributed by atoms with Gasteiger partial charge in [0.1, 0.15) is 23.9 Å². The first-order chi connectivity index (χ1) is 16.7. The van der Waals surface area contributed by atoms with E-state index in [-0.39, 0.29) is 12.3 Å². The fourth-order valence-corrected chi connectivity index (χ4v) is 6.88. The number of carbonyl (C=O) groups is 3. The van der Waals surface area contributed by atoms with E-state index in [4.69, 9.17) is 18.9 Å². The zero-order chi connectivity index (χ0) is 26.5. The van der Waals surface area contributed by atoms with E-state index >= 15 is 0 Å². The Bertz CT molecular complexity index is 1060. The van der Waals surface area contributed by atoms with E-state index in [1.807, 2.05) is 44.2 Å². The van der Waals surface area contributed by atoms with Crippen LogP contribution < -0.4 is 0 Å². The molecule has 3 aliphatic rings. The minimum absolute atomic E-state index is 0.246. The molecule has 1 N–H and O–H groups in total. The number of benzene rings is 1. The summed E-state index contributed by atoms with van der Waals surface area (Å²) in [4.78, 5) is 37.4. The SMILES string of the molecule is CC(=O)OC1CCC(C)(O)C23OC(C)(C)C(CC(OC(=O)C=Cc4ccccc4)C12C)C3OC(C)=O. The molecule has 1 aromatic rings. The Balaban J connectivity index is 1.80. The maximum atomic E-state index is 13.0. The van der Waals surface area contributed by atoms with Crippen LogP contribution in [-0.2, 0) is 33.3 Å². The molecule has 8 nitrogen and oxygen atoms in total. The van der Waals surface area contributed by atoms with Crippen molar-refractivity contribution in [3.63, 3.8) is 0 Å². The standard InChI is InChI=1S/C28H36O8/c1-17(29)33-21-14-15-26(5,32)28-24(34-18(2)30)20(25(3,4)36-28)16-22(27(21,28)6)35-23(31)13-12-19-10-8-7-9-11-19/h7-13,20-22,24,32H,14-16H2,1-6H3. The highest BCUT2D eigenvalue weighted by atomic mass is 16.6. The van der Waals surface area contributed by atoms with Crippen molar-refractivity contribution in [2.45, 2.75) is 95.9 Å². The molecule has 3 fully saturated rings. The van der Waals surface area contributed by atoms with Crippen LogP contribution in [0.4, 0.5) is 0 Å². The second-order valence-electron chi connectivity index (χ2n) is 11.2. The maximum Gasteiger partial charge on any atom is 0.331 e. The molecule has 2 aliphatic carbocycles. The van der Waals surface area contributed by atoms with E-state index in [1.165, 1.54) is 19.9 Å². The van der Waals surface area contributed by atoms with Gasteiger partial charge in [-0.15, -0.1) is 0 Å². The summed E-state index contributed by atoms with van der Waals surface area (Å²) >= 11 is 0. The molecular weight excluding hydrogens is 464 g/mol. The average molecular weight is 501 g/mol. The maximum absolute atomic E-state index is 13.0. The molecule has 1 spiro atoms. The number of rotatable bonds is 5. The van der Waals surface area contributed by atoms with Gasteiger partial charge in [0.15, 0.2) is 0 Å². The van der Waals surface area contributed by atoms with E-state index in [0.717, 1.165) is 5.56 Å². The molecule has 2 saturated carbocycles. The van der Waals surface area contributed by atoms with Crippen LogP contribution in [0.15, 0.2) is 36.4 Å². The monoisotopic (exact) mass is 500 g/mol. The Morgan fingerprint density at radius 3 is 2.22 bits per heavy atom. The van der Waals surface area contributed by atoms with Crippen LogP contribution in [0.3, 0.4) is 0 Å². The lowest BCUT2D eigenvalue weighted by Gasteiger charge is -2.64. The Labute approximate surface area is 211 Å². The largest absolute Gasteiger partial charge is 0.462 e. The normalized spacial score (nSPS) is 38.8. The van der Waals surface area contributed by atoms with Crippen molar-refractivity contribution in [2.24, 2.45) is 11.3 Å². The Morgan fingerprint density at radius 1 is 0.972 bits per heavy atom. The smallest absolute Gasteiger partial charge is 0.331 e. The van der Waals surface area contributed by atoms with Crippen LogP contribution in [-0.4, -0.2) is 58.1 Å². The Morgan fingerprint density at radius 2 is 1.61 bits per heavy atom. The molecule has 1 aliphatic heterocycles. The van der Waals surface area contributed by atoms with Crippen molar-refractivity contribution in [1.29, 1.82) is 0 Å². The first-order valence-electron chi connectivity index (χ1n) is 12.5. The first-order valence-corrected chi connectivity index (χ1v) is 12.5. The van der Waals surface area contributed by atoms with Crippen LogP contribution in [0, 0.1) is 11.3 Å². The van der Waals surface area contributed by atoms with Gasteiger partial charge in [0, 0.05) is 25.8 Å². The van der Waals surface area contributed by atoms with Crippen LogP contribution >= 0.6 is 0 Å². The third-order valence-corrected chi connectivity index (χ3v) is 8.45. The molecule has 4 rings (SSSR count). The number of hydrogen-bond donors (Lipinski definition) is 1. The van der Waals surface area contributed by atoms with Crippen LogP contribution in [0.5, 0.6) is 0 Å². The van der Waals surface area contributed by atoms with Gasteiger partial charge in [-0.25, -0.2) is 4.79 Å². The summed E-state index contributed by atoms with van der Waals surface area (Å²) in [6.45, 7) is 9.87. The first kappa shape index (κ1) is 26.4. The van der Waals surface area contributed by atoms with Crippen molar-refractivity contribution in [2.75, 3.05) is 0 Å². The van der Waals surface area contributed by atoms with Gasteiger partial charge in [-0.1, -0.05) is 30.3 Å². The topological polar surface area (TPSA) is 108 Å². The van der Waals surface area contributed by atoms with Crippen molar-refractivity contribution in [3.8, 4) is 0 Å². The van der Waals surface area contributed by atoms with Gasteiger partial charge in [-0.05, 0) is 58.6 Å². The predicted octanol–water partition coefficient (Wildman–Crippen LogP) is 3.59. The molecule has 1 saturated heterocycles. The third-order valence-electron chi connectivity index (χ3n) is 8.45. The van der Waals surface area contributed by atoms with E-state index in [1.54, 1.807) is 19.9 Å². The summed E-state index contributed by atoms with van der Waals surface area (Å²) in [5.41, 5.74) is -4.12. The zero-order valence-corrected chi connectivity index (χ0v) is 21.8. The van der Waals surface area contributed by atoms with Gasteiger partial charge in [-0.2, -0.15) is 0 Å². The van der Waals surface area contributed by atoms with Crippen LogP contribution in [0.25, 0.3) is 6.08 Å². The number of aliphatic hydroxyl groups is 1. The summed E-state index contributed by atoms with van der Waals surface area (Å²) < 4.78 is 24.4. The molecule has 0 aromatic heterocycles. The van der Waals surface area contributed by atoms with Crippen molar-refractivity contribution >= 4 is 24.0 Å². The predicted molar refractivity (Wildman–Crippen MR) is 130 cm³/mol. The zero-order valence-electron chi connectivity index (χ0n) is 21.8. The van der Waals surface area contributed by atoms with Gasteiger partial charge < -0.3 is 24.1 Å². The number of esters is 3. The van der Waals surface area contributed by atoms with Crippen LogP contribution in [0.2, 0.25) is 0 Å². The van der Waals surface area contributed by atoms with Gasteiger partial charge in [-0.3, -0.25) is 9.59 Å². The van der Waals surface area contributed by atoms with E-state index < -0.39 is 58.4 Å². The molecule has 0 radical (unpaired) electrons. The lowest BCUT2D eigenvalue weighted by atomic mass is 9.47. The molecule has 8 heteroatoms. The van der Waals surface area contributed by atoms with E-state index in [0.29, 0.717) is 12.8 Å². The summed E-state index contributed by atoms with van der Waals surface area (Å²) in [7, 11) is 0. The molecule has 7 unspecified atom stereocenters. The minimum Gasteiger partial charge on any atom is -0.462 e. The Hall–Kier alpha value is -2.71. The summed E-state index contributed by atoms with van der Waals surface area (Å²) in [5, 5.41) is 11.9. The van der Waals surface area contributed by atoms with Crippen molar-refractivity contribution < 1.29 is 38.4 Å². The quantitative estimate of drug-likeness (QED) is 0.371. The van der Waals surface area contributed by atoms with Gasteiger partial charge >= 0.3 is 17.9 Å². The van der Waals surface area contributed by atoms with E-state index in [2.05, 4.69) is 0 Å². The van der Waals surface area contributed by atoms with Crippen molar-refractivity contribution in [1.82, 2.24) is 0 Å².